The molecule has 20 heavy (non-hydrogen) atoms. The number of H-pyrrole nitrogens is 1. The zero-order valence-electron chi connectivity index (χ0n) is 13.2. The average molecular weight is 272 g/mol. The Labute approximate surface area is 120 Å². The highest BCUT2D eigenvalue weighted by molar-refractivity contribution is 5.67. The van der Waals surface area contributed by atoms with E-state index >= 15 is 0 Å². The number of benzene rings is 1. The third kappa shape index (κ3) is 2.45. The van der Waals surface area contributed by atoms with Crippen LogP contribution in [0.25, 0.3) is 11.3 Å². The molecule has 1 N–H and O–H groups in total. The van der Waals surface area contributed by atoms with Crippen molar-refractivity contribution >= 4 is 0 Å². The molecule has 0 saturated heterocycles. The van der Waals surface area contributed by atoms with Gasteiger partial charge in [0.1, 0.15) is 0 Å². The Hall–Kier alpha value is -1.77. The van der Waals surface area contributed by atoms with Gasteiger partial charge in [0, 0.05) is 11.1 Å². The number of nitrogens with zero attached hydrogens (tertiary/aromatic N) is 1. The Morgan fingerprint density at radius 1 is 1.15 bits per heavy atom. The molecular formula is C17H24N2O. The molecule has 108 valence electrons. The van der Waals surface area contributed by atoms with Gasteiger partial charge in [-0.2, -0.15) is 0 Å². The Morgan fingerprint density at radius 2 is 1.75 bits per heavy atom. The van der Waals surface area contributed by atoms with Crippen LogP contribution < -0.4 is 5.56 Å². The Morgan fingerprint density at radius 3 is 2.25 bits per heavy atom. The highest BCUT2D eigenvalue weighted by Gasteiger charge is 2.24. The highest BCUT2D eigenvalue weighted by Crippen LogP contribution is 2.28. The molecule has 0 aliphatic heterocycles. The summed E-state index contributed by atoms with van der Waals surface area (Å²) in [4.78, 5) is 12.7. The molecule has 0 spiro atoms. The number of rotatable bonds is 2. The minimum atomic E-state index is -0.248. The molecule has 0 saturated carbocycles. The number of aromatic nitrogens is 2. The van der Waals surface area contributed by atoms with Crippen molar-refractivity contribution in [1.29, 1.82) is 0 Å². The lowest BCUT2D eigenvalue weighted by Gasteiger charge is -2.19. The van der Waals surface area contributed by atoms with Gasteiger partial charge < -0.3 is 0 Å². The van der Waals surface area contributed by atoms with E-state index < -0.39 is 0 Å². The van der Waals surface area contributed by atoms with Gasteiger partial charge in [-0.15, -0.1) is 0 Å². The first-order valence-corrected chi connectivity index (χ1v) is 7.15. The van der Waals surface area contributed by atoms with Gasteiger partial charge in [-0.25, -0.2) is 4.68 Å². The molecule has 1 aromatic carbocycles. The van der Waals surface area contributed by atoms with Crippen LogP contribution in [0.4, 0.5) is 0 Å². The Kier molecular flexibility index (Phi) is 3.63. The topological polar surface area (TPSA) is 37.8 Å². The summed E-state index contributed by atoms with van der Waals surface area (Å²) in [5.74, 6) is 0.192. The molecule has 2 rings (SSSR count). The predicted octanol–water partition coefficient (Wildman–Crippen LogP) is 4.03. The van der Waals surface area contributed by atoms with Gasteiger partial charge in [-0.05, 0) is 39.2 Å². The molecule has 0 amide bonds. The summed E-state index contributed by atoms with van der Waals surface area (Å²) in [7, 11) is 0. The van der Waals surface area contributed by atoms with Gasteiger partial charge >= 0.3 is 0 Å². The first-order valence-electron chi connectivity index (χ1n) is 7.15. The molecule has 1 aromatic heterocycles. The highest BCUT2D eigenvalue weighted by atomic mass is 16.1. The van der Waals surface area contributed by atoms with Crippen molar-refractivity contribution < 1.29 is 0 Å². The summed E-state index contributed by atoms with van der Waals surface area (Å²) >= 11 is 0. The number of aromatic amines is 1. The van der Waals surface area contributed by atoms with Crippen LogP contribution in [0.2, 0.25) is 0 Å². The number of nitrogens with one attached hydrogen (secondary N) is 1. The molecule has 2 aromatic rings. The first kappa shape index (κ1) is 14.6. The molecule has 3 heteroatoms. The molecular weight excluding hydrogens is 248 g/mol. The van der Waals surface area contributed by atoms with Crippen molar-refractivity contribution in [1.82, 2.24) is 9.78 Å². The summed E-state index contributed by atoms with van der Waals surface area (Å²) in [5, 5.41) is 3.33. The quantitative estimate of drug-likeness (QED) is 0.880. The van der Waals surface area contributed by atoms with Crippen LogP contribution in [-0.2, 0) is 5.54 Å². The summed E-state index contributed by atoms with van der Waals surface area (Å²) in [6, 6.07) is 8.18. The van der Waals surface area contributed by atoms with Gasteiger partial charge in [0.15, 0.2) is 0 Å². The van der Waals surface area contributed by atoms with Crippen LogP contribution in [0.15, 0.2) is 29.1 Å². The lowest BCUT2D eigenvalue weighted by Crippen LogP contribution is -2.33. The smallest absolute Gasteiger partial charge is 0.271 e. The lowest BCUT2D eigenvalue weighted by molar-refractivity contribution is 0.345. The van der Waals surface area contributed by atoms with Crippen molar-refractivity contribution in [2.24, 2.45) is 0 Å². The summed E-state index contributed by atoms with van der Waals surface area (Å²) < 4.78 is 1.74. The van der Waals surface area contributed by atoms with Crippen LogP contribution in [-0.4, -0.2) is 9.78 Å². The maximum absolute atomic E-state index is 12.7. The first-order chi connectivity index (χ1) is 9.23. The van der Waals surface area contributed by atoms with Gasteiger partial charge in [0.05, 0.1) is 11.2 Å². The normalized spacial score (nSPS) is 12.2. The maximum atomic E-state index is 12.7. The average Bonchev–Trinajstić information content (AvgIpc) is 2.67. The SMILES string of the molecule is Cc1ccccc1-c1[nH]n(C(C)(C)C)c(=O)c1C(C)C. The van der Waals surface area contributed by atoms with Crippen molar-refractivity contribution in [3.05, 3.63) is 45.7 Å². The van der Waals surface area contributed by atoms with Crippen molar-refractivity contribution in [2.45, 2.75) is 53.0 Å². The second kappa shape index (κ2) is 4.97. The van der Waals surface area contributed by atoms with E-state index in [9.17, 15) is 4.79 Å². The third-order valence-electron chi connectivity index (χ3n) is 3.59. The fraction of sp³-hybridized carbons (Fsp3) is 0.471. The fourth-order valence-electron chi connectivity index (χ4n) is 2.52. The van der Waals surface area contributed by atoms with Crippen molar-refractivity contribution in [2.75, 3.05) is 0 Å². The van der Waals surface area contributed by atoms with E-state index in [4.69, 9.17) is 0 Å². The zero-order chi connectivity index (χ0) is 15.1. The van der Waals surface area contributed by atoms with E-state index in [0.29, 0.717) is 0 Å². The second-order valence-corrected chi connectivity index (χ2v) is 6.68. The second-order valence-electron chi connectivity index (χ2n) is 6.68. The van der Waals surface area contributed by atoms with Crippen LogP contribution in [0.1, 0.15) is 51.7 Å². The minimum absolute atomic E-state index is 0.0887. The molecule has 0 fully saturated rings. The van der Waals surface area contributed by atoms with E-state index in [2.05, 4.69) is 38.0 Å². The molecule has 3 nitrogen and oxygen atoms in total. The van der Waals surface area contributed by atoms with Gasteiger partial charge in [0.25, 0.3) is 5.56 Å². The Bertz CT molecular complexity index is 669. The fourth-order valence-corrected chi connectivity index (χ4v) is 2.52. The number of aryl methyl sites for hydroxylation is 1. The lowest BCUT2D eigenvalue weighted by atomic mass is 9.97. The molecule has 0 aliphatic carbocycles. The molecule has 0 unspecified atom stereocenters. The van der Waals surface area contributed by atoms with E-state index in [1.54, 1.807) is 4.68 Å². The molecule has 0 atom stereocenters. The summed E-state index contributed by atoms with van der Waals surface area (Å²) in [6.07, 6.45) is 0. The number of hydrogen-bond acceptors (Lipinski definition) is 1. The van der Waals surface area contributed by atoms with E-state index in [0.717, 1.165) is 16.8 Å². The summed E-state index contributed by atoms with van der Waals surface area (Å²) in [5.41, 5.74) is 3.95. The van der Waals surface area contributed by atoms with Crippen molar-refractivity contribution in [3.63, 3.8) is 0 Å². The van der Waals surface area contributed by atoms with Crippen LogP contribution in [0.5, 0.6) is 0 Å². The van der Waals surface area contributed by atoms with E-state index in [-0.39, 0.29) is 17.0 Å². The van der Waals surface area contributed by atoms with Crippen LogP contribution in [0.3, 0.4) is 0 Å². The van der Waals surface area contributed by atoms with Gasteiger partial charge in [0.2, 0.25) is 0 Å². The maximum Gasteiger partial charge on any atom is 0.271 e. The third-order valence-corrected chi connectivity index (χ3v) is 3.59. The standard InChI is InChI=1S/C17H24N2O/c1-11(2)14-15(13-10-8-7-9-12(13)3)18-19(16(14)20)17(4,5)6/h7-11,18H,1-6H3. The van der Waals surface area contributed by atoms with Crippen molar-refractivity contribution in [3.8, 4) is 11.3 Å². The Balaban J connectivity index is 2.77. The minimum Gasteiger partial charge on any atom is -0.294 e. The predicted molar refractivity (Wildman–Crippen MR) is 84.3 cm³/mol. The summed E-state index contributed by atoms with van der Waals surface area (Å²) in [6.45, 7) is 12.3. The largest absolute Gasteiger partial charge is 0.294 e. The molecule has 0 radical (unpaired) electrons. The molecule has 1 heterocycles. The van der Waals surface area contributed by atoms with Gasteiger partial charge in [-0.1, -0.05) is 38.1 Å². The monoisotopic (exact) mass is 272 g/mol. The van der Waals surface area contributed by atoms with E-state index in [1.807, 2.05) is 32.9 Å². The van der Waals surface area contributed by atoms with Crippen LogP contribution in [0, 0.1) is 6.92 Å². The van der Waals surface area contributed by atoms with Crippen LogP contribution >= 0.6 is 0 Å². The molecule has 0 bridgehead atoms. The number of hydrogen-bond donors (Lipinski definition) is 1. The zero-order valence-corrected chi connectivity index (χ0v) is 13.2. The van der Waals surface area contributed by atoms with Gasteiger partial charge in [-0.3, -0.25) is 9.89 Å². The molecule has 0 aliphatic rings. The van der Waals surface area contributed by atoms with E-state index in [1.165, 1.54) is 5.56 Å².